The Morgan fingerprint density at radius 3 is 2.14 bits per heavy atom. The van der Waals surface area contributed by atoms with E-state index in [9.17, 15) is 0 Å². The van der Waals surface area contributed by atoms with E-state index in [1.54, 1.807) is 6.08 Å². The van der Waals surface area contributed by atoms with Gasteiger partial charge in [0.1, 0.15) is 0 Å². The Bertz CT molecular complexity index is 968. The number of hydrogen-bond donors (Lipinski definition) is 1. The summed E-state index contributed by atoms with van der Waals surface area (Å²) in [6, 6.07) is 18.7. The quantitative estimate of drug-likeness (QED) is 0.499. The zero-order chi connectivity index (χ0) is 21.4. The van der Waals surface area contributed by atoms with Gasteiger partial charge in [0.25, 0.3) is 0 Å². The summed E-state index contributed by atoms with van der Waals surface area (Å²) in [6.07, 6.45) is 5.54. The van der Waals surface area contributed by atoms with Crippen molar-refractivity contribution in [1.29, 1.82) is 0 Å². The van der Waals surface area contributed by atoms with Gasteiger partial charge in [-0.25, -0.2) is 0 Å². The summed E-state index contributed by atoms with van der Waals surface area (Å²) >= 11 is 0. The smallest absolute Gasteiger partial charge is 0.0493 e. The van der Waals surface area contributed by atoms with E-state index in [1.165, 1.54) is 11.1 Å². The number of rotatable bonds is 6. The molecular weight excluding hydrogens is 350 g/mol. The number of benzene rings is 2. The minimum Gasteiger partial charge on any atom is -0.355 e. The van der Waals surface area contributed by atoms with E-state index in [0.29, 0.717) is 5.92 Å². The second-order valence-electron chi connectivity index (χ2n) is 7.29. The maximum Gasteiger partial charge on any atom is 0.0493 e. The Morgan fingerprint density at radius 1 is 0.931 bits per heavy atom. The number of nitrogens with one attached hydrogen (secondary N) is 1. The second-order valence-corrected chi connectivity index (χ2v) is 7.29. The fourth-order valence-electron chi connectivity index (χ4n) is 3.03. The molecule has 148 valence electrons. The monoisotopic (exact) mass is 381 g/mol. The van der Waals surface area contributed by atoms with Gasteiger partial charge in [-0.2, -0.15) is 0 Å². The molecule has 2 aromatic rings. The summed E-state index contributed by atoms with van der Waals surface area (Å²) in [5.74, 6) is 0.659. The van der Waals surface area contributed by atoms with Gasteiger partial charge in [0, 0.05) is 11.4 Å². The van der Waals surface area contributed by atoms with Gasteiger partial charge in [0.2, 0.25) is 0 Å². The summed E-state index contributed by atoms with van der Waals surface area (Å²) in [4.78, 5) is 0. The second kappa shape index (κ2) is 10.3. The molecule has 0 aliphatic heterocycles. The van der Waals surface area contributed by atoms with Gasteiger partial charge in [-0.1, -0.05) is 101 Å². The number of allylic oxidation sites excluding steroid dienone is 6. The molecule has 0 saturated heterocycles. The molecule has 0 atom stereocenters. The Kier molecular flexibility index (Phi) is 7.79. The largest absolute Gasteiger partial charge is 0.355 e. The molecule has 0 spiro atoms. The van der Waals surface area contributed by atoms with Crippen LogP contribution >= 0.6 is 0 Å². The molecule has 0 fully saturated rings. The topological polar surface area (TPSA) is 12.0 Å². The maximum absolute atomic E-state index is 4.01. The van der Waals surface area contributed by atoms with E-state index in [4.69, 9.17) is 0 Å². The van der Waals surface area contributed by atoms with Crippen LogP contribution in [0.25, 0.3) is 5.57 Å². The lowest BCUT2D eigenvalue weighted by Gasteiger charge is -2.28. The summed E-state index contributed by atoms with van der Waals surface area (Å²) in [7, 11) is 0. The van der Waals surface area contributed by atoms with Crippen molar-refractivity contribution in [3.05, 3.63) is 133 Å². The van der Waals surface area contributed by atoms with Crippen LogP contribution in [0.15, 0.2) is 122 Å². The van der Waals surface area contributed by atoms with Gasteiger partial charge in [-0.3, -0.25) is 0 Å². The highest BCUT2D eigenvalue weighted by Crippen LogP contribution is 2.37. The highest BCUT2D eigenvalue weighted by atomic mass is 14.9. The van der Waals surface area contributed by atoms with Crippen LogP contribution in [0.3, 0.4) is 0 Å². The normalized spacial score (nSPS) is 13.4. The first-order valence-corrected chi connectivity index (χ1v) is 9.86. The molecule has 1 nitrogen and oxygen atoms in total. The predicted molar refractivity (Wildman–Crippen MR) is 130 cm³/mol. The van der Waals surface area contributed by atoms with Gasteiger partial charge in [-0.15, -0.1) is 0 Å². The van der Waals surface area contributed by atoms with Gasteiger partial charge >= 0.3 is 0 Å². The predicted octanol–water partition coefficient (Wildman–Crippen LogP) is 8.06. The van der Waals surface area contributed by atoms with Crippen molar-refractivity contribution in [3.63, 3.8) is 0 Å². The van der Waals surface area contributed by atoms with Crippen molar-refractivity contribution in [3.8, 4) is 0 Å². The fourth-order valence-corrected chi connectivity index (χ4v) is 3.03. The van der Waals surface area contributed by atoms with Crippen LogP contribution in [0.4, 0.5) is 5.69 Å². The molecule has 29 heavy (non-hydrogen) atoms. The van der Waals surface area contributed by atoms with Gasteiger partial charge in [-0.05, 0) is 58.4 Å². The van der Waals surface area contributed by atoms with Crippen LogP contribution in [0.5, 0.6) is 0 Å². The van der Waals surface area contributed by atoms with Gasteiger partial charge in [0.05, 0.1) is 0 Å². The highest BCUT2D eigenvalue weighted by molar-refractivity contribution is 5.78. The molecule has 1 heteroatoms. The minimum absolute atomic E-state index is 0.659. The van der Waals surface area contributed by atoms with Crippen LogP contribution in [0, 0.1) is 0 Å². The lowest BCUT2D eigenvalue weighted by Crippen LogP contribution is -2.16. The molecule has 3 rings (SSSR count). The van der Waals surface area contributed by atoms with Crippen molar-refractivity contribution >= 4 is 11.3 Å². The Hall–Kier alpha value is -3.32. The Morgan fingerprint density at radius 2 is 1.62 bits per heavy atom. The van der Waals surface area contributed by atoms with Crippen LogP contribution < -0.4 is 5.32 Å². The van der Waals surface area contributed by atoms with Crippen molar-refractivity contribution in [2.24, 2.45) is 0 Å². The van der Waals surface area contributed by atoms with Crippen LogP contribution in [-0.2, 0) is 0 Å². The van der Waals surface area contributed by atoms with E-state index in [2.05, 4.69) is 88.8 Å². The van der Waals surface area contributed by atoms with Gasteiger partial charge < -0.3 is 5.32 Å². The molecule has 0 heterocycles. The van der Waals surface area contributed by atoms with Crippen molar-refractivity contribution < 1.29 is 0 Å². The van der Waals surface area contributed by atoms with Crippen LogP contribution in [0.1, 0.15) is 37.8 Å². The summed E-state index contributed by atoms with van der Waals surface area (Å²) in [5, 5.41) is 3.40. The average molecular weight is 382 g/mol. The molecule has 0 radical (unpaired) electrons. The van der Waals surface area contributed by atoms with E-state index < -0.39 is 0 Å². The molecular formula is C28H31N. The zero-order valence-corrected chi connectivity index (χ0v) is 17.8. The number of hydrogen-bond acceptors (Lipinski definition) is 1. The lowest BCUT2D eigenvalue weighted by atomic mass is 9.85. The third-order valence-corrected chi connectivity index (χ3v) is 4.94. The minimum atomic E-state index is 0.659. The van der Waals surface area contributed by atoms with E-state index in [1.807, 2.05) is 30.4 Å². The first-order chi connectivity index (χ1) is 13.9. The average Bonchev–Trinajstić information content (AvgIpc) is 2.76. The molecule has 2 aromatic carbocycles. The molecule has 0 aromatic heterocycles. The van der Waals surface area contributed by atoms with Crippen molar-refractivity contribution in [2.75, 3.05) is 5.32 Å². The third kappa shape index (κ3) is 5.58. The summed E-state index contributed by atoms with van der Waals surface area (Å²) < 4.78 is 0. The SMILES string of the molecule is C=C/C=C(\C=C)c1cccc(NC2=C(C)C(=C)C2=C)c1.CC(C)c1ccccc1. The molecule has 0 unspecified atom stereocenters. The van der Waals surface area contributed by atoms with E-state index >= 15 is 0 Å². The van der Waals surface area contributed by atoms with Gasteiger partial charge in [0.15, 0.2) is 0 Å². The lowest BCUT2D eigenvalue weighted by molar-refractivity contribution is 0.867. The van der Waals surface area contributed by atoms with E-state index in [0.717, 1.165) is 33.7 Å². The standard InChI is InChI=1S/C19H19N.C9H12/c1-6-9-16(7-2)17-10-8-11-18(12-17)20-19-14(4)13(3)15(19)5;1-8(2)9-6-4-3-5-7-9/h6-12,20H,1-4H2,5H3;3-8H,1-2H3/b16-9+;. The fraction of sp³-hybridized carbons (Fsp3) is 0.143. The first-order valence-electron chi connectivity index (χ1n) is 9.86. The molecule has 0 amide bonds. The van der Waals surface area contributed by atoms with E-state index in [-0.39, 0.29) is 0 Å². The Balaban J connectivity index is 0.000000278. The molecule has 1 aliphatic rings. The van der Waals surface area contributed by atoms with Crippen molar-refractivity contribution in [1.82, 2.24) is 0 Å². The molecule has 1 aliphatic carbocycles. The summed E-state index contributed by atoms with van der Waals surface area (Å²) in [6.45, 7) is 22.0. The summed E-state index contributed by atoms with van der Waals surface area (Å²) in [5.41, 5.74) is 8.85. The third-order valence-electron chi connectivity index (χ3n) is 4.94. The molecule has 1 N–H and O–H groups in total. The van der Waals surface area contributed by atoms with Crippen LogP contribution in [-0.4, -0.2) is 0 Å². The zero-order valence-electron chi connectivity index (χ0n) is 17.8. The van der Waals surface area contributed by atoms with Crippen molar-refractivity contribution in [2.45, 2.75) is 26.7 Å². The maximum atomic E-state index is 4.01. The Labute approximate surface area is 176 Å². The van der Waals surface area contributed by atoms with Crippen LogP contribution in [0.2, 0.25) is 0 Å². The first kappa shape index (κ1) is 22.0. The molecule has 0 saturated carbocycles. The molecule has 0 bridgehead atoms. The number of anilines is 1. The highest BCUT2D eigenvalue weighted by Gasteiger charge is 2.22.